The summed E-state index contributed by atoms with van der Waals surface area (Å²) in [4.78, 5) is 0. The Bertz CT molecular complexity index is 445. The fourth-order valence-electron chi connectivity index (χ4n) is 1.24. The van der Waals surface area contributed by atoms with Crippen LogP contribution in [0.15, 0.2) is 46.9 Å². The quantitative estimate of drug-likeness (QED) is 0.558. The van der Waals surface area contributed by atoms with Crippen molar-refractivity contribution in [2.24, 2.45) is 5.73 Å². The molecule has 1 aromatic heterocycles. The summed E-state index contributed by atoms with van der Waals surface area (Å²) < 4.78 is 5.38. The topological polar surface area (TPSA) is 63.0 Å². The number of benzene rings is 1. The minimum atomic E-state index is -0.0489. The molecule has 0 atom stereocenters. The van der Waals surface area contributed by atoms with E-state index in [1.165, 1.54) is 0 Å². The third-order valence-corrected chi connectivity index (χ3v) is 1.93. The van der Waals surface area contributed by atoms with Gasteiger partial charge in [-0.2, -0.15) is 0 Å². The molecule has 0 spiro atoms. The van der Waals surface area contributed by atoms with Crippen molar-refractivity contribution in [3.8, 4) is 11.3 Å². The molecule has 0 saturated heterocycles. The lowest BCUT2D eigenvalue weighted by molar-refractivity contribution is 0.571. The van der Waals surface area contributed by atoms with E-state index in [0.29, 0.717) is 5.76 Å². The molecule has 0 aliphatic carbocycles. The summed E-state index contributed by atoms with van der Waals surface area (Å²) in [6.45, 7) is 0. The molecule has 0 saturated carbocycles. The Morgan fingerprint density at radius 1 is 1.07 bits per heavy atom. The van der Waals surface area contributed by atoms with E-state index in [9.17, 15) is 0 Å². The van der Waals surface area contributed by atoms with E-state index in [-0.39, 0.29) is 5.84 Å². The van der Waals surface area contributed by atoms with Crippen molar-refractivity contribution in [1.82, 2.24) is 0 Å². The molecule has 70 valence electrons. The summed E-state index contributed by atoms with van der Waals surface area (Å²) in [7, 11) is 0. The monoisotopic (exact) mass is 186 g/mol. The van der Waals surface area contributed by atoms with Gasteiger partial charge in [0, 0.05) is 5.56 Å². The van der Waals surface area contributed by atoms with Crippen LogP contribution in [-0.2, 0) is 0 Å². The summed E-state index contributed by atoms with van der Waals surface area (Å²) in [5.74, 6) is 1.09. The van der Waals surface area contributed by atoms with Crippen LogP contribution in [0.4, 0.5) is 0 Å². The molecule has 1 aromatic carbocycles. The van der Waals surface area contributed by atoms with Crippen molar-refractivity contribution in [2.45, 2.75) is 0 Å². The first kappa shape index (κ1) is 8.56. The van der Waals surface area contributed by atoms with Gasteiger partial charge in [0.15, 0.2) is 11.6 Å². The van der Waals surface area contributed by atoms with Gasteiger partial charge in [0.2, 0.25) is 0 Å². The van der Waals surface area contributed by atoms with Gasteiger partial charge in [-0.05, 0) is 12.1 Å². The Labute approximate surface area is 81.7 Å². The fourth-order valence-corrected chi connectivity index (χ4v) is 1.24. The highest BCUT2D eigenvalue weighted by Gasteiger charge is 2.05. The van der Waals surface area contributed by atoms with Gasteiger partial charge in [0.1, 0.15) is 5.76 Å². The minimum absolute atomic E-state index is 0.0489. The summed E-state index contributed by atoms with van der Waals surface area (Å²) in [5, 5.41) is 7.20. The number of rotatable bonds is 2. The second-order valence-corrected chi connectivity index (χ2v) is 2.94. The van der Waals surface area contributed by atoms with Gasteiger partial charge < -0.3 is 10.2 Å². The molecule has 0 radical (unpaired) electrons. The lowest BCUT2D eigenvalue weighted by atomic mass is 10.2. The third-order valence-electron chi connectivity index (χ3n) is 1.93. The standard InChI is InChI=1S/C11H10N2O/c12-11(13)10-7-6-9(14-10)8-4-2-1-3-5-8/h1-7H,(H3,12,13). The molecule has 14 heavy (non-hydrogen) atoms. The molecule has 2 aromatic rings. The first-order valence-corrected chi connectivity index (χ1v) is 4.27. The zero-order valence-corrected chi connectivity index (χ0v) is 7.53. The summed E-state index contributed by atoms with van der Waals surface area (Å²) in [6.07, 6.45) is 0. The van der Waals surface area contributed by atoms with Crippen LogP contribution in [0, 0.1) is 5.41 Å². The van der Waals surface area contributed by atoms with Crippen LogP contribution in [0.25, 0.3) is 11.3 Å². The minimum Gasteiger partial charge on any atom is -0.453 e. The first-order chi connectivity index (χ1) is 6.77. The summed E-state index contributed by atoms with van der Waals surface area (Å²) in [5.41, 5.74) is 6.28. The highest BCUT2D eigenvalue weighted by atomic mass is 16.3. The van der Waals surface area contributed by atoms with Crippen LogP contribution in [0.1, 0.15) is 5.76 Å². The van der Waals surface area contributed by atoms with Crippen molar-refractivity contribution in [3.63, 3.8) is 0 Å². The predicted octanol–water partition coefficient (Wildman–Crippen LogP) is 2.23. The maximum atomic E-state index is 7.20. The normalized spacial score (nSPS) is 10.0. The molecule has 0 aliphatic rings. The van der Waals surface area contributed by atoms with Gasteiger partial charge in [-0.3, -0.25) is 5.41 Å². The Hall–Kier alpha value is -2.03. The smallest absolute Gasteiger partial charge is 0.168 e. The Morgan fingerprint density at radius 3 is 2.36 bits per heavy atom. The molecule has 1 heterocycles. The number of amidine groups is 1. The molecule has 3 heteroatoms. The van der Waals surface area contributed by atoms with Crippen molar-refractivity contribution in [2.75, 3.05) is 0 Å². The Morgan fingerprint density at radius 2 is 1.79 bits per heavy atom. The van der Waals surface area contributed by atoms with Crippen molar-refractivity contribution in [3.05, 3.63) is 48.2 Å². The van der Waals surface area contributed by atoms with E-state index < -0.39 is 0 Å². The summed E-state index contributed by atoms with van der Waals surface area (Å²) >= 11 is 0. The Kier molecular flexibility index (Phi) is 2.07. The van der Waals surface area contributed by atoms with Gasteiger partial charge in [-0.1, -0.05) is 30.3 Å². The first-order valence-electron chi connectivity index (χ1n) is 4.27. The molecule has 3 nitrogen and oxygen atoms in total. The Balaban J connectivity index is 2.39. The van der Waals surface area contributed by atoms with E-state index in [0.717, 1.165) is 11.3 Å². The van der Waals surface area contributed by atoms with Crippen molar-refractivity contribution < 1.29 is 4.42 Å². The second kappa shape index (κ2) is 3.38. The molecular formula is C11H10N2O. The number of hydrogen-bond acceptors (Lipinski definition) is 2. The molecule has 0 fully saturated rings. The van der Waals surface area contributed by atoms with Crippen LogP contribution in [-0.4, -0.2) is 5.84 Å². The number of nitrogens with two attached hydrogens (primary N) is 1. The highest BCUT2D eigenvalue weighted by molar-refractivity contribution is 5.92. The molecule has 0 aliphatic heterocycles. The number of furan rings is 1. The average molecular weight is 186 g/mol. The average Bonchev–Trinajstić information content (AvgIpc) is 2.68. The molecule has 3 N–H and O–H groups in total. The van der Waals surface area contributed by atoms with Crippen LogP contribution in [0.5, 0.6) is 0 Å². The van der Waals surface area contributed by atoms with E-state index in [2.05, 4.69) is 0 Å². The molecule has 0 bridgehead atoms. The van der Waals surface area contributed by atoms with Crippen LogP contribution >= 0.6 is 0 Å². The van der Waals surface area contributed by atoms with Gasteiger partial charge in [-0.25, -0.2) is 0 Å². The summed E-state index contributed by atoms with van der Waals surface area (Å²) in [6, 6.07) is 13.2. The molecular weight excluding hydrogens is 176 g/mol. The number of nitrogens with one attached hydrogen (secondary N) is 1. The number of hydrogen-bond donors (Lipinski definition) is 2. The van der Waals surface area contributed by atoms with Crippen LogP contribution < -0.4 is 5.73 Å². The molecule has 2 rings (SSSR count). The molecule has 0 amide bonds. The zero-order chi connectivity index (χ0) is 9.97. The number of nitrogen functional groups attached to an aromatic ring is 1. The SMILES string of the molecule is N=C(N)c1ccc(-c2ccccc2)o1. The van der Waals surface area contributed by atoms with Crippen molar-refractivity contribution >= 4 is 5.84 Å². The van der Waals surface area contributed by atoms with E-state index >= 15 is 0 Å². The predicted molar refractivity (Wildman–Crippen MR) is 55.2 cm³/mol. The maximum Gasteiger partial charge on any atom is 0.168 e. The lowest BCUT2D eigenvalue weighted by Crippen LogP contribution is -2.09. The van der Waals surface area contributed by atoms with Crippen LogP contribution in [0.2, 0.25) is 0 Å². The van der Waals surface area contributed by atoms with E-state index in [4.69, 9.17) is 15.6 Å². The van der Waals surface area contributed by atoms with E-state index in [1.807, 2.05) is 36.4 Å². The van der Waals surface area contributed by atoms with Crippen molar-refractivity contribution in [1.29, 1.82) is 5.41 Å². The highest BCUT2D eigenvalue weighted by Crippen LogP contribution is 2.21. The van der Waals surface area contributed by atoms with E-state index in [1.54, 1.807) is 6.07 Å². The third kappa shape index (κ3) is 1.52. The largest absolute Gasteiger partial charge is 0.453 e. The fraction of sp³-hybridized carbons (Fsp3) is 0. The lowest BCUT2D eigenvalue weighted by Gasteiger charge is -1.95. The van der Waals surface area contributed by atoms with Crippen LogP contribution in [0.3, 0.4) is 0 Å². The second-order valence-electron chi connectivity index (χ2n) is 2.94. The molecule has 0 unspecified atom stereocenters. The van der Waals surface area contributed by atoms with Gasteiger partial charge in [-0.15, -0.1) is 0 Å². The maximum absolute atomic E-state index is 7.20. The van der Waals surface area contributed by atoms with Gasteiger partial charge >= 0.3 is 0 Å². The zero-order valence-electron chi connectivity index (χ0n) is 7.53. The van der Waals surface area contributed by atoms with Gasteiger partial charge in [0.25, 0.3) is 0 Å². The van der Waals surface area contributed by atoms with Gasteiger partial charge in [0.05, 0.1) is 0 Å².